The maximum atomic E-state index is 12.2. The Hall–Kier alpha value is -2.93. The average Bonchev–Trinajstić information content (AvgIpc) is 3.42. The topological polar surface area (TPSA) is 76.0 Å². The number of para-hydroxylation sites is 1. The van der Waals surface area contributed by atoms with E-state index < -0.39 is 0 Å². The van der Waals surface area contributed by atoms with E-state index in [1.165, 1.54) is 22.6 Å². The molecule has 28 heavy (non-hydrogen) atoms. The second kappa shape index (κ2) is 7.98. The highest BCUT2D eigenvalue weighted by Gasteiger charge is 2.23. The molecule has 0 aliphatic heterocycles. The van der Waals surface area contributed by atoms with Crippen LogP contribution in [0, 0.1) is 6.92 Å². The number of amides is 2. The van der Waals surface area contributed by atoms with Gasteiger partial charge in [0, 0.05) is 10.6 Å². The molecule has 0 saturated heterocycles. The van der Waals surface area contributed by atoms with Gasteiger partial charge in [-0.1, -0.05) is 18.2 Å². The molecule has 1 aliphatic rings. The first-order valence-corrected chi connectivity index (χ1v) is 10.2. The molecule has 0 spiro atoms. The van der Waals surface area contributed by atoms with Crippen molar-refractivity contribution in [3.8, 4) is 5.69 Å². The minimum Gasteiger partial charge on any atom is -0.349 e. The molecule has 0 radical (unpaired) electrons. The van der Waals surface area contributed by atoms with E-state index in [-0.39, 0.29) is 18.4 Å². The molecule has 2 amide bonds. The Bertz CT molecular complexity index is 1010. The van der Waals surface area contributed by atoms with E-state index in [4.69, 9.17) is 5.10 Å². The van der Waals surface area contributed by atoms with Gasteiger partial charge in [-0.25, -0.2) is 4.68 Å². The summed E-state index contributed by atoms with van der Waals surface area (Å²) in [5.74, 6) is -0.440. The third kappa shape index (κ3) is 3.84. The molecule has 1 aromatic carbocycles. The standard InChI is InChI=1S/C21H22N4O2S/c1-14-10-11-19(28-14)21(27)23-13-20(26)22-12-17-16-8-5-9-18(16)25(24-17)15-6-3-2-4-7-15/h2-4,6-7,10-11H,5,8-9,12-13H2,1H3,(H,22,26)(H,23,27). The maximum Gasteiger partial charge on any atom is 0.261 e. The van der Waals surface area contributed by atoms with Crippen molar-refractivity contribution in [1.82, 2.24) is 20.4 Å². The Morgan fingerprint density at radius 2 is 1.93 bits per heavy atom. The molecule has 2 heterocycles. The van der Waals surface area contributed by atoms with E-state index in [0.29, 0.717) is 11.4 Å². The number of nitrogens with zero attached hydrogens (tertiary/aromatic N) is 2. The van der Waals surface area contributed by atoms with Gasteiger partial charge < -0.3 is 10.6 Å². The van der Waals surface area contributed by atoms with Crippen LogP contribution in [0.4, 0.5) is 0 Å². The fourth-order valence-electron chi connectivity index (χ4n) is 3.49. The van der Waals surface area contributed by atoms with Crippen molar-refractivity contribution in [2.45, 2.75) is 32.7 Å². The van der Waals surface area contributed by atoms with Crippen LogP contribution in [0.15, 0.2) is 42.5 Å². The van der Waals surface area contributed by atoms with Crippen LogP contribution in [0.3, 0.4) is 0 Å². The van der Waals surface area contributed by atoms with Crippen LogP contribution in [-0.2, 0) is 24.2 Å². The summed E-state index contributed by atoms with van der Waals surface area (Å²) in [5, 5.41) is 10.3. The number of nitrogens with one attached hydrogen (secondary N) is 2. The number of hydrogen-bond acceptors (Lipinski definition) is 4. The number of carbonyl (C=O) groups is 2. The number of hydrogen-bond donors (Lipinski definition) is 2. The van der Waals surface area contributed by atoms with Gasteiger partial charge in [-0.2, -0.15) is 5.10 Å². The summed E-state index contributed by atoms with van der Waals surface area (Å²) in [6.45, 7) is 2.27. The lowest BCUT2D eigenvalue weighted by atomic mass is 10.2. The fourth-order valence-corrected chi connectivity index (χ4v) is 4.27. The minimum absolute atomic E-state index is 0.0443. The highest BCUT2D eigenvalue weighted by molar-refractivity contribution is 7.13. The van der Waals surface area contributed by atoms with Gasteiger partial charge in [-0.15, -0.1) is 11.3 Å². The van der Waals surface area contributed by atoms with Gasteiger partial charge in [0.1, 0.15) is 0 Å². The van der Waals surface area contributed by atoms with Gasteiger partial charge in [0.05, 0.1) is 29.3 Å². The molecule has 0 fully saturated rings. The fraction of sp³-hybridized carbons (Fsp3) is 0.286. The molecule has 0 unspecified atom stereocenters. The molecule has 7 heteroatoms. The van der Waals surface area contributed by atoms with E-state index in [1.54, 1.807) is 6.07 Å². The molecule has 0 saturated carbocycles. The van der Waals surface area contributed by atoms with Gasteiger partial charge >= 0.3 is 0 Å². The number of fused-ring (bicyclic) bond motifs is 1. The number of thiophene rings is 1. The Labute approximate surface area is 167 Å². The second-order valence-electron chi connectivity index (χ2n) is 6.84. The molecular formula is C21H22N4O2S. The Morgan fingerprint density at radius 1 is 1.11 bits per heavy atom. The molecule has 1 aliphatic carbocycles. The molecule has 144 valence electrons. The van der Waals surface area contributed by atoms with Crippen LogP contribution in [-0.4, -0.2) is 28.1 Å². The minimum atomic E-state index is -0.220. The third-order valence-corrected chi connectivity index (χ3v) is 5.84. The van der Waals surface area contributed by atoms with Crippen LogP contribution in [0.2, 0.25) is 0 Å². The molecule has 0 bridgehead atoms. The molecule has 2 aromatic heterocycles. The summed E-state index contributed by atoms with van der Waals surface area (Å²) in [5.41, 5.74) is 4.42. The van der Waals surface area contributed by atoms with Crippen LogP contribution < -0.4 is 10.6 Å². The van der Waals surface area contributed by atoms with E-state index in [0.717, 1.165) is 35.5 Å². The molecule has 4 rings (SSSR count). The highest BCUT2D eigenvalue weighted by Crippen LogP contribution is 2.27. The zero-order valence-electron chi connectivity index (χ0n) is 15.7. The van der Waals surface area contributed by atoms with Crippen LogP contribution in [0.1, 0.15) is 37.9 Å². The average molecular weight is 395 g/mol. The zero-order chi connectivity index (χ0) is 19.5. The zero-order valence-corrected chi connectivity index (χ0v) is 16.5. The van der Waals surface area contributed by atoms with Crippen molar-refractivity contribution in [2.24, 2.45) is 0 Å². The smallest absolute Gasteiger partial charge is 0.261 e. The van der Waals surface area contributed by atoms with Crippen molar-refractivity contribution in [1.29, 1.82) is 0 Å². The van der Waals surface area contributed by atoms with Crippen LogP contribution in [0.25, 0.3) is 5.69 Å². The van der Waals surface area contributed by atoms with E-state index in [1.807, 2.05) is 48.0 Å². The molecule has 6 nitrogen and oxygen atoms in total. The van der Waals surface area contributed by atoms with Crippen molar-refractivity contribution >= 4 is 23.2 Å². The monoisotopic (exact) mass is 394 g/mol. The first-order chi connectivity index (χ1) is 13.6. The SMILES string of the molecule is Cc1ccc(C(=O)NCC(=O)NCc2nn(-c3ccccc3)c3c2CCC3)s1. The Morgan fingerprint density at radius 3 is 2.68 bits per heavy atom. The maximum absolute atomic E-state index is 12.2. The number of aryl methyl sites for hydroxylation is 1. The first-order valence-electron chi connectivity index (χ1n) is 9.38. The van der Waals surface area contributed by atoms with Gasteiger partial charge in [0.15, 0.2) is 0 Å². The first kappa shape index (κ1) is 18.4. The Balaban J connectivity index is 1.37. The lowest BCUT2D eigenvalue weighted by Crippen LogP contribution is -2.36. The van der Waals surface area contributed by atoms with E-state index in [9.17, 15) is 9.59 Å². The summed E-state index contributed by atoms with van der Waals surface area (Å²) in [4.78, 5) is 25.9. The summed E-state index contributed by atoms with van der Waals surface area (Å²) < 4.78 is 1.99. The van der Waals surface area contributed by atoms with Crippen molar-refractivity contribution in [3.63, 3.8) is 0 Å². The quantitative estimate of drug-likeness (QED) is 0.675. The summed E-state index contributed by atoms with van der Waals surface area (Å²) in [7, 11) is 0. The summed E-state index contributed by atoms with van der Waals surface area (Å²) in [6, 6.07) is 13.7. The van der Waals surface area contributed by atoms with Gasteiger partial charge in [0.2, 0.25) is 5.91 Å². The van der Waals surface area contributed by atoms with Gasteiger partial charge in [-0.3, -0.25) is 9.59 Å². The number of aromatic nitrogens is 2. The Kier molecular flexibility index (Phi) is 5.25. The molecule has 2 N–H and O–H groups in total. The van der Waals surface area contributed by atoms with E-state index in [2.05, 4.69) is 10.6 Å². The lowest BCUT2D eigenvalue weighted by molar-refractivity contribution is -0.120. The normalized spacial score (nSPS) is 12.6. The second-order valence-corrected chi connectivity index (χ2v) is 8.13. The molecule has 0 atom stereocenters. The summed E-state index contributed by atoms with van der Waals surface area (Å²) in [6.07, 6.45) is 3.10. The number of rotatable bonds is 6. The van der Waals surface area contributed by atoms with Gasteiger partial charge in [-0.05, 0) is 56.0 Å². The summed E-state index contributed by atoms with van der Waals surface area (Å²) >= 11 is 1.42. The van der Waals surface area contributed by atoms with Crippen molar-refractivity contribution in [3.05, 3.63) is 69.2 Å². The van der Waals surface area contributed by atoms with E-state index >= 15 is 0 Å². The largest absolute Gasteiger partial charge is 0.349 e. The van der Waals surface area contributed by atoms with Crippen molar-refractivity contribution < 1.29 is 9.59 Å². The van der Waals surface area contributed by atoms with Crippen molar-refractivity contribution in [2.75, 3.05) is 6.54 Å². The third-order valence-electron chi connectivity index (χ3n) is 4.84. The molecule has 3 aromatic rings. The van der Waals surface area contributed by atoms with Gasteiger partial charge in [0.25, 0.3) is 5.91 Å². The number of benzene rings is 1. The predicted molar refractivity (Wildman–Crippen MR) is 109 cm³/mol. The highest BCUT2D eigenvalue weighted by atomic mass is 32.1. The van der Waals surface area contributed by atoms with Crippen LogP contribution in [0.5, 0.6) is 0 Å². The molecular weight excluding hydrogens is 372 g/mol. The predicted octanol–water partition coefficient (Wildman–Crippen LogP) is 2.78. The lowest BCUT2D eigenvalue weighted by Gasteiger charge is -2.06. The number of carbonyl (C=O) groups excluding carboxylic acids is 2. The van der Waals surface area contributed by atoms with Crippen LogP contribution >= 0.6 is 11.3 Å².